The van der Waals surface area contributed by atoms with E-state index in [4.69, 9.17) is 11.6 Å². The Labute approximate surface area is 173 Å². The first-order valence-electron chi connectivity index (χ1n) is 10.4. The monoisotopic (exact) mass is 405 g/mol. The van der Waals surface area contributed by atoms with Crippen LogP contribution in [0, 0.1) is 0 Å². The van der Waals surface area contributed by atoms with E-state index in [-0.39, 0.29) is 17.4 Å². The Kier molecular flexibility index (Phi) is 6.66. The number of piperidine rings is 2. The highest BCUT2D eigenvalue weighted by Gasteiger charge is 2.29. The Balaban J connectivity index is 1.61. The molecule has 0 bridgehead atoms. The van der Waals surface area contributed by atoms with Gasteiger partial charge in [-0.3, -0.25) is 9.59 Å². The van der Waals surface area contributed by atoms with E-state index in [9.17, 15) is 9.59 Å². The van der Waals surface area contributed by atoms with Crippen LogP contribution in [-0.2, 0) is 0 Å². The molecule has 1 aromatic rings. The van der Waals surface area contributed by atoms with Crippen molar-refractivity contribution in [1.82, 2.24) is 15.1 Å². The zero-order valence-electron chi connectivity index (χ0n) is 17.3. The average Bonchev–Trinajstić information content (AvgIpc) is 2.67. The van der Waals surface area contributed by atoms with Crippen LogP contribution >= 0.6 is 11.6 Å². The van der Waals surface area contributed by atoms with Crippen LogP contribution in [-0.4, -0.2) is 59.4 Å². The number of nitrogens with one attached hydrogen (secondary N) is 1. The van der Waals surface area contributed by atoms with Crippen LogP contribution in [0.3, 0.4) is 0 Å². The SMILES string of the molecule is CC(C)(C)NC(=O)c1ccc(C(=O)N2CCC(N3CCCCC3)CC2)c(Cl)c1. The summed E-state index contributed by atoms with van der Waals surface area (Å²) in [6.45, 7) is 9.71. The third-order valence-electron chi connectivity index (χ3n) is 5.61. The normalized spacial score (nSPS) is 19.5. The molecule has 0 atom stereocenters. The fourth-order valence-corrected chi connectivity index (χ4v) is 4.39. The van der Waals surface area contributed by atoms with Gasteiger partial charge in [0, 0.05) is 30.2 Å². The molecule has 0 spiro atoms. The maximum absolute atomic E-state index is 12.9. The third-order valence-corrected chi connectivity index (χ3v) is 5.92. The lowest BCUT2D eigenvalue weighted by molar-refractivity contribution is 0.0589. The van der Waals surface area contributed by atoms with Crippen molar-refractivity contribution >= 4 is 23.4 Å². The van der Waals surface area contributed by atoms with Crippen molar-refractivity contribution < 1.29 is 9.59 Å². The van der Waals surface area contributed by atoms with Crippen LogP contribution in [0.2, 0.25) is 5.02 Å². The number of hydrogen-bond donors (Lipinski definition) is 1. The molecular weight excluding hydrogens is 374 g/mol. The van der Waals surface area contributed by atoms with Gasteiger partial charge in [-0.25, -0.2) is 0 Å². The fourth-order valence-electron chi connectivity index (χ4n) is 4.13. The molecule has 1 aromatic carbocycles. The second-order valence-electron chi connectivity index (χ2n) is 9.02. The van der Waals surface area contributed by atoms with E-state index in [1.807, 2.05) is 25.7 Å². The van der Waals surface area contributed by atoms with Crippen molar-refractivity contribution in [1.29, 1.82) is 0 Å². The van der Waals surface area contributed by atoms with E-state index in [1.54, 1.807) is 18.2 Å². The van der Waals surface area contributed by atoms with Crippen molar-refractivity contribution in [3.63, 3.8) is 0 Å². The molecule has 2 aliphatic rings. The average molecular weight is 406 g/mol. The zero-order valence-corrected chi connectivity index (χ0v) is 18.0. The maximum Gasteiger partial charge on any atom is 0.255 e. The maximum atomic E-state index is 12.9. The van der Waals surface area contributed by atoms with Crippen LogP contribution in [0.4, 0.5) is 0 Å². The van der Waals surface area contributed by atoms with Crippen molar-refractivity contribution in [3.8, 4) is 0 Å². The van der Waals surface area contributed by atoms with E-state index in [0.29, 0.717) is 22.2 Å². The van der Waals surface area contributed by atoms with Gasteiger partial charge < -0.3 is 15.1 Å². The number of nitrogens with zero attached hydrogens (tertiary/aromatic N) is 2. The molecule has 6 heteroatoms. The number of halogens is 1. The van der Waals surface area contributed by atoms with Gasteiger partial charge in [0.2, 0.25) is 0 Å². The minimum absolute atomic E-state index is 0.0372. The van der Waals surface area contributed by atoms with Gasteiger partial charge in [0.25, 0.3) is 11.8 Å². The minimum atomic E-state index is -0.323. The number of amides is 2. The Morgan fingerprint density at radius 2 is 1.68 bits per heavy atom. The molecule has 3 rings (SSSR count). The molecule has 5 nitrogen and oxygen atoms in total. The van der Waals surface area contributed by atoms with Crippen LogP contribution in [0.25, 0.3) is 0 Å². The van der Waals surface area contributed by atoms with E-state index in [0.717, 1.165) is 25.9 Å². The summed E-state index contributed by atoms with van der Waals surface area (Å²) >= 11 is 6.37. The highest BCUT2D eigenvalue weighted by atomic mass is 35.5. The van der Waals surface area contributed by atoms with Gasteiger partial charge in [-0.1, -0.05) is 18.0 Å². The van der Waals surface area contributed by atoms with Gasteiger partial charge >= 0.3 is 0 Å². The highest BCUT2D eigenvalue weighted by molar-refractivity contribution is 6.34. The number of likely N-dealkylation sites (tertiary alicyclic amines) is 2. The molecule has 0 radical (unpaired) electrons. The summed E-state index contributed by atoms with van der Waals surface area (Å²) in [6.07, 6.45) is 5.98. The lowest BCUT2D eigenvalue weighted by Crippen LogP contribution is -2.48. The Morgan fingerprint density at radius 3 is 2.25 bits per heavy atom. The number of carbonyl (C=O) groups is 2. The molecule has 2 amide bonds. The van der Waals surface area contributed by atoms with Gasteiger partial charge in [0.05, 0.1) is 10.6 Å². The van der Waals surface area contributed by atoms with Gasteiger partial charge in [-0.2, -0.15) is 0 Å². The first-order chi connectivity index (χ1) is 13.2. The lowest BCUT2D eigenvalue weighted by Gasteiger charge is -2.40. The van der Waals surface area contributed by atoms with Gasteiger partial charge in [0.15, 0.2) is 0 Å². The molecule has 154 valence electrons. The van der Waals surface area contributed by atoms with Crippen LogP contribution in [0.1, 0.15) is 73.6 Å². The summed E-state index contributed by atoms with van der Waals surface area (Å²) in [5.74, 6) is -0.222. The molecule has 0 unspecified atom stereocenters. The van der Waals surface area contributed by atoms with E-state index >= 15 is 0 Å². The predicted molar refractivity (Wildman–Crippen MR) is 113 cm³/mol. The minimum Gasteiger partial charge on any atom is -0.347 e. The Morgan fingerprint density at radius 1 is 1.04 bits per heavy atom. The van der Waals surface area contributed by atoms with Gasteiger partial charge in [0.1, 0.15) is 0 Å². The number of rotatable bonds is 3. The predicted octanol–water partition coefficient (Wildman–Crippen LogP) is 3.96. The highest BCUT2D eigenvalue weighted by Crippen LogP contribution is 2.25. The topological polar surface area (TPSA) is 52.7 Å². The number of benzene rings is 1. The van der Waals surface area contributed by atoms with Crippen molar-refractivity contribution in [3.05, 3.63) is 34.3 Å². The Bertz CT molecular complexity index is 715. The molecule has 2 fully saturated rings. The molecule has 2 heterocycles. The molecule has 28 heavy (non-hydrogen) atoms. The quantitative estimate of drug-likeness (QED) is 0.828. The second kappa shape index (κ2) is 8.83. The second-order valence-corrected chi connectivity index (χ2v) is 9.43. The molecule has 0 aliphatic carbocycles. The van der Waals surface area contributed by atoms with Crippen molar-refractivity contribution in [2.75, 3.05) is 26.2 Å². The van der Waals surface area contributed by atoms with E-state index < -0.39 is 0 Å². The van der Waals surface area contributed by atoms with E-state index in [2.05, 4.69) is 10.2 Å². The molecule has 2 saturated heterocycles. The summed E-state index contributed by atoms with van der Waals surface area (Å²) in [7, 11) is 0. The first kappa shape index (κ1) is 21.1. The van der Waals surface area contributed by atoms with Crippen molar-refractivity contribution in [2.24, 2.45) is 0 Å². The lowest BCUT2D eigenvalue weighted by atomic mass is 9.99. The summed E-state index contributed by atoms with van der Waals surface area (Å²) in [6, 6.07) is 5.55. The molecule has 2 aliphatic heterocycles. The standard InChI is InChI=1S/C22H32ClN3O2/c1-22(2,3)24-20(27)16-7-8-18(19(23)15-16)21(28)26-13-9-17(10-14-26)25-11-5-4-6-12-25/h7-8,15,17H,4-6,9-14H2,1-3H3,(H,24,27). The largest absolute Gasteiger partial charge is 0.347 e. The van der Waals surface area contributed by atoms with E-state index in [1.165, 1.54) is 32.4 Å². The molecule has 1 N–H and O–H groups in total. The van der Waals surface area contributed by atoms with Gasteiger partial charge in [-0.05, 0) is 77.7 Å². The van der Waals surface area contributed by atoms with Gasteiger partial charge in [-0.15, -0.1) is 0 Å². The third kappa shape index (κ3) is 5.26. The Hall–Kier alpha value is -1.59. The summed E-state index contributed by atoms with van der Waals surface area (Å²) in [4.78, 5) is 29.8. The molecule has 0 aromatic heterocycles. The molecular formula is C22H32ClN3O2. The number of carbonyl (C=O) groups excluding carboxylic acids is 2. The first-order valence-corrected chi connectivity index (χ1v) is 10.8. The van der Waals surface area contributed by atoms with Crippen LogP contribution < -0.4 is 5.32 Å². The van der Waals surface area contributed by atoms with Crippen LogP contribution in [0.5, 0.6) is 0 Å². The smallest absolute Gasteiger partial charge is 0.255 e. The zero-order chi connectivity index (χ0) is 20.3. The van der Waals surface area contributed by atoms with Crippen LogP contribution in [0.15, 0.2) is 18.2 Å². The molecule has 0 saturated carbocycles. The summed E-state index contributed by atoms with van der Waals surface area (Å²) in [5, 5.41) is 3.25. The van der Waals surface area contributed by atoms with Crippen molar-refractivity contribution in [2.45, 2.75) is 64.5 Å². The number of hydrogen-bond acceptors (Lipinski definition) is 3. The summed E-state index contributed by atoms with van der Waals surface area (Å²) < 4.78 is 0. The summed E-state index contributed by atoms with van der Waals surface area (Å²) in [5.41, 5.74) is 0.627. The fraction of sp³-hybridized carbons (Fsp3) is 0.636.